The van der Waals surface area contributed by atoms with Gasteiger partial charge < -0.3 is 25.0 Å². The fourth-order valence-corrected chi connectivity index (χ4v) is 4.73. The first-order valence-corrected chi connectivity index (χ1v) is 10.1. The number of hydrogen-bond donors (Lipinski definition) is 2. The number of rotatable bonds is 5. The summed E-state index contributed by atoms with van der Waals surface area (Å²) in [6, 6.07) is 9.12. The van der Waals surface area contributed by atoms with Crippen LogP contribution in [0, 0.1) is 5.92 Å². The number of likely N-dealkylation sites (tertiary alicyclic amines) is 1. The molecule has 1 aromatic carbocycles. The molecule has 1 saturated heterocycles. The summed E-state index contributed by atoms with van der Waals surface area (Å²) in [7, 11) is 3.15. The number of hydrogen-bond acceptors (Lipinski definition) is 5. The van der Waals surface area contributed by atoms with Crippen LogP contribution in [0.3, 0.4) is 0 Å². The molecule has 4 rings (SSSR count). The second-order valence-electron chi connectivity index (χ2n) is 7.13. The first-order chi connectivity index (χ1) is 13.6. The summed E-state index contributed by atoms with van der Waals surface area (Å²) >= 11 is 1.44. The van der Waals surface area contributed by atoms with Crippen molar-refractivity contribution in [2.75, 3.05) is 26.1 Å². The first kappa shape index (κ1) is 18.6. The van der Waals surface area contributed by atoms with Crippen LogP contribution in [0.2, 0.25) is 0 Å². The van der Waals surface area contributed by atoms with E-state index in [1.165, 1.54) is 11.3 Å². The summed E-state index contributed by atoms with van der Waals surface area (Å²) in [5.41, 5.74) is 0.631. The van der Waals surface area contributed by atoms with Crippen molar-refractivity contribution in [3.05, 3.63) is 40.6 Å². The molecule has 1 aliphatic heterocycles. The van der Waals surface area contributed by atoms with Crippen molar-refractivity contribution in [1.29, 1.82) is 0 Å². The molecule has 28 heavy (non-hydrogen) atoms. The van der Waals surface area contributed by atoms with Crippen molar-refractivity contribution in [2.45, 2.75) is 24.9 Å². The van der Waals surface area contributed by atoms with Crippen molar-refractivity contribution >= 4 is 29.0 Å². The van der Waals surface area contributed by atoms with Gasteiger partial charge in [-0.2, -0.15) is 0 Å². The minimum absolute atomic E-state index is 0.0213. The van der Waals surface area contributed by atoms with Crippen LogP contribution < -0.4 is 20.1 Å². The number of ether oxygens (including phenoxy) is 2. The van der Waals surface area contributed by atoms with Gasteiger partial charge in [0.25, 0.3) is 5.91 Å². The molecule has 1 saturated carbocycles. The van der Waals surface area contributed by atoms with Crippen molar-refractivity contribution in [2.24, 2.45) is 5.92 Å². The highest BCUT2D eigenvalue weighted by Gasteiger charge is 2.47. The van der Waals surface area contributed by atoms with E-state index in [0.717, 1.165) is 17.7 Å². The second-order valence-corrected chi connectivity index (χ2v) is 8.07. The maximum atomic E-state index is 12.8. The summed E-state index contributed by atoms with van der Waals surface area (Å²) in [4.78, 5) is 27.7. The Bertz CT molecular complexity index is 848. The van der Waals surface area contributed by atoms with E-state index in [1.54, 1.807) is 32.4 Å². The molecule has 3 amide bonds. The van der Waals surface area contributed by atoms with Crippen LogP contribution in [0.25, 0.3) is 0 Å². The zero-order valence-electron chi connectivity index (χ0n) is 15.8. The van der Waals surface area contributed by atoms with Crippen molar-refractivity contribution < 1.29 is 19.1 Å². The smallest absolute Gasteiger partial charge is 0.322 e. The number of benzene rings is 1. The number of urea groups is 1. The van der Waals surface area contributed by atoms with Gasteiger partial charge in [-0.1, -0.05) is 6.07 Å². The Morgan fingerprint density at radius 3 is 2.46 bits per heavy atom. The lowest BCUT2D eigenvalue weighted by atomic mass is 10.0. The normalized spacial score (nSPS) is 22.8. The van der Waals surface area contributed by atoms with Crippen LogP contribution in [0.1, 0.15) is 22.5 Å². The highest BCUT2D eigenvalue weighted by molar-refractivity contribution is 7.12. The standard InChI is InChI=1S/C20H23N3O4S/c1-26-15-7-13(8-16(10-15)27-2)21-20(25)23-11-12-6-14(23)9-17(12)22-19(24)18-4-3-5-28-18/h3-5,7-8,10,12,14,17H,6,9,11H2,1-2H3,(H,21,25)(H,22,24). The van der Waals surface area contributed by atoms with Crippen LogP contribution >= 0.6 is 11.3 Å². The van der Waals surface area contributed by atoms with Gasteiger partial charge in [-0.3, -0.25) is 4.79 Å². The summed E-state index contributed by atoms with van der Waals surface area (Å²) in [6.07, 6.45) is 1.71. The monoisotopic (exact) mass is 401 g/mol. The van der Waals surface area contributed by atoms with E-state index in [9.17, 15) is 9.59 Å². The molecule has 1 aliphatic carbocycles. The van der Waals surface area contributed by atoms with Crippen LogP contribution in [0.4, 0.5) is 10.5 Å². The molecule has 8 heteroatoms. The summed E-state index contributed by atoms with van der Waals surface area (Å²) in [6.45, 7) is 0.646. The molecule has 3 unspecified atom stereocenters. The maximum absolute atomic E-state index is 12.8. The van der Waals surface area contributed by atoms with E-state index >= 15 is 0 Å². The van der Waals surface area contributed by atoms with Gasteiger partial charge in [-0.05, 0) is 30.2 Å². The SMILES string of the molecule is COc1cc(NC(=O)N2CC3CC2CC3NC(=O)c2cccs2)cc(OC)c1. The molecule has 1 aromatic heterocycles. The number of piperidine rings is 1. The molecular formula is C20H23N3O4S. The largest absolute Gasteiger partial charge is 0.497 e. The van der Waals surface area contributed by atoms with E-state index in [0.29, 0.717) is 29.6 Å². The number of nitrogens with zero attached hydrogens (tertiary/aromatic N) is 1. The van der Waals surface area contributed by atoms with Crippen molar-refractivity contribution in [3.63, 3.8) is 0 Å². The van der Waals surface area contributed by atoms with Gasteiger partial charge >= 0.3 is 6.03 Å². The Morgan fingerprint density at radius 1 is 1.14 bits per heavy atom. The van der Waals surface area contributed by atoms with Gasteiger partial charge in [0.05, 0.1) is 19.1 Å². The van der Waals surface area contributed by atoms with Gasteiger partial charge in [-0.25, -0.2) is 4.79 Å². The van der Waals surface area contributed by atoms with Gasteiger partial charge in [0.15, 0.2) is 0 Å². The Kier molecular flexibility index (Phi) is 5.13. The number of amides is 3. The third-order valence-electron chi connectivity index (χ3n) is 5.47. The minimum Gasteiger partial charge on any atom is -0.497 e. The number of thiophene rings is 1. The fraction of sp³-hybridized carbons (Fsp3) is 0.400. The Balaban J connectivity index is 1.36. The van der Waals surface area contributed by atoms with Crippen LogP contribution in [-0.4, -0.2) is 49.7 Å². The molecule has 2 N–H and O–H groups in total. The van der Waals surface area contributed by atoms with Crippen LogP contribution in [0.5, 0.6) is 11.5 Å². The molecule has 7 nitrogen and oxygen atoms in total. The second kappa shape index (κ2) is 7.71. The summed E-state index contributed by atoms with van der Waals surface area (Å²) in [5, 5.41) is 7.97. The lowest BCUT2D eigenvalue weighted by Gasteiger charge is -2.32. The zero-order valence-corrected chi connectivity index (χ0v) is 16.6. The van der Waals surface area contributed by atoms with Crippen molar-refractivity contribution in [1.82, 2.24) is 10.2 Å². The Morgan fingerprint density at radius 2 is 1.89 bits per heavy atom. The van der Waals surface area contributed by atoms with E-state index in [1.807, 2.05) is 22.4 Å². The number of carbonyl (C=O) groups excluding carboxylic acids is 2. The number of anilines is 1. The molecule has 0 radical (unpaired) electrons. The third-order valence-corrected chi connectivity index (χ3v) is 6.34. The highest BCUT2D eigenvalue weighted by atomic mass is 32.1. The molecule has 3 atom stereocenters. The topological polar surface area (TPSA) is 79.9 Å². The zero-order chi connectivity index (χ0) is 19.7. The Labute approximate surface area is 167 Å². The van der Waals surface area contributed by atoms with E-state index in [2.05, 4.69) is 10.6 Å². The van der Waals surface area contributed by atoms with E-state index in [4.69, 9.17) is 9.47 Å². The molecule has 2 bridgehead atoms. The lowest BCUT2D eigenvalue weighted by Crippen LogP contribution is -2.48. The Hall–Kier alpha value is -2.74. The average molecular weight is 401 g/mol. The van der Waals surface area contributed by atoms with E-state index in [-0.39, 0.29) is 24.0 Å². The molecule has 0 spiro atoms. The van der Waals surface area contributed by atoms with Crippen LogP contribution in [0.15, 0.2) is 35.7 Å². The fourth-order valence-electron chi connectivity index (χ4n) is 4.10. The highest BCUT2D eigenvalue weighted by Crippen LogP contribution is 2.38. The quantitative estimate of drug-likeness (QED) is 0.806. The molecule has 148 valence electrons. The molecule has 2 aromatic rings. The van der Waals surface area contributed by atoms with Gasteiger partial charge in [0, 0.05) is 42.5 Å². The van der Waals surface area contributed by atoms with Crippen LogP contribution in [-0.2, 0) is 0 Å². The molecule has 2 aliphatic rings. The predicted octanol–water partition coefficient (Wildman–Crippen LogP) is 3.19. The third kappa shape index (κ3) is 3.64. The maximum Gasteiger partial charge on any atom is 0.322 e. The van der Waals surface area contributed by atoms with Gasteiger partial charge in [0.1, 0.15) is 11.5 Å². The number of carbonyl (C=O) groups is 2. The first-order valence-electron chi connectivity index (χ1n) is 9.22. The lowest BCUT2D eigenvalue weighted by molar-refractivity contribution is 0.0919. The summed E-state index contributed by atoms with van der Waals surface area (Å²) in [5.74, 6) is 1.51. The van der Waals surface area contributed by atoms with Gasteiger partial charge in [-0.15, -0.1) is 11.3 Å². The predicted molar refractivity (Wildman–Crippen MR) is 107 cm³/mol. The average Bonchev–Trinajstić information content (AvgIpc) is 3.44. The number of nitrogens with one attached hydrogen (secondary N) is 2. The number of methoxy groups -OCH3 is 2. The molecular weight excluding hydrogens is 378 g/mol. The molecule has 2 fully saturated rings. The minimum atomic E-state index is -0.133. The summed E-state index contributed by atoms with van der Waals surface area (Å²) < 4.78 is 10.5. The molecule has 2 heterocycles. The van der Waals surface area contributed by atoms with Gasteiger partial charge in [0.2, 0.25) is 0 Å². The van der Waals surface area contributed by atoms with Crippen molar-refractivity contribution in [3.8, 4) is 11.5 Å². The van der Waals surface area contributed by atoms with E-state index < -0.39 is 0 Å². The number of fused-ring (bicyclic) bond motifs is 2.